The number of amides is 2. The van der Waals surface area contributed by atoms with E-state index in [1.165, 1.54) is 7.11 Å². The number of ether oxygens (including phenoxy) is 2. The SMILES string of the molecule is COC(=O)c1ccccc1NC(=O)N1CCN(CCOC(c2ccccc2)c2ccccc2)CC1. The van der Waals surface area contributed by atoms with Crippen LogP contribution in [0.25, 0.3) is 0 Å². The fourth-order valence-electron chi connectivity index (χ4n) is 4.19. The highest BCUT2D eigenvalue weighted by atomic mass is 16.5. The Morgan fingerprint density at radius 2 is 1.40 bits per heavy atom. The van der Waals surface area contributed by atoms with E-state index in [1.807, 2.05) is 36.4 Å². The van der Waals surface area contributed by atoms with E-state index in [2.05, 4.69) is 34.5 Å². The van der Waals surface area contributed by atoms with Crippen molar-refractivity contribution < 1.29 is 19.1 Å². The summed E-state index contributed by atoms with van der Waals surface area (Å²) in [6.45, 7) is 4.11. The van der Waals surface area contributed by atoms with Crippen molar-refractivity contribution >= 4 is 17.7 Å². The molecule has 4 rings (SSSR count). The van der Waals surface area contributed by atoms with Crippen LogP contribution in [0.4, 0.5) is 10.5 Å². The molecule has 1 N–H and O–H groups in total. The number of hydrogen-bond acceptors (Lipinski definition) is 5. The first-order valence-corrected chi connectivity index (χ1v) is 11.8. The van der Waals surface area contributed by atoms with Crippen LogP contribution in [0.3, 0.4) is 0 Å². The van der Waals surface area contributed by atoms with Gasteiger partial charge in [-0.2, -0.15) is 0 Å². The van der Waals surface area contributed by atoms with Gasteiger partial charge in [0.1, 0.15) is 6.10 Å². The first kappa shape index (κ1) is 24.4. The molecule has 0 aliphatic carbocycles. The van der Waals surface area contributed by atoms with E-state index in [0.29, 0.717) is 30.9 Å². The molecule has 1 aliphatic heterocycles. The lowest BCUT2D eigenvalue weighted by Crippen LogP contribution is -2.50. The number of carbonyl (C=O) groups is 2. The van der Waals surface area contributed by atoms with E-state index < -0.39 is 5.97 Å². The Morgan fingerprint density at radius 3 is 2.00 bits per heavy atom. The molecule has 1 fully saturated rings. The molecule has 2 amide bonds. The zero-order valence-corrected chi connectivity index (χ0v) is 19.9. The molecule has 3 aromatic carbocycles. The smallest absolute Gasteiger partial charge is 0.339 e. The van der Waals surface area contributed by atoms with Crippen LogP contribution in [0, 0.1) is 0 Å². The number of rotatable bonds is 8. The summed E-state index contributed by atoms with van der Waals surface area (Å²) in [7, 11) is 1.33. The number of nitrogens with one attached hydrogen (secondary N) is 1. The number of benzene rings is 3. The Morgan fingerprint density at radius 1 is 0.829 bits per heavy atom. The van der Waals surface area contributed by atoms with E-state index in [4.69, 9.17) is 9.47 Å². The van der Waals surface area contributed by atoms with Crippen LogP contribution in [0.1, 0.15) is 27.6 Å². The quantitative estimate of drug-likeness (QED) is 0.490. The molecule has 7 heteroatoms. The fraction of sp³-hybridized carbons (Fsp3) is 0.286. The third-order valence-corrected chi connectivity index (χ3v) is 6.13. The lowest BCUT2D eigenvalue weighted by Gasteiger charge is -2.35. The molecule has 0 saturated carbocycles. The maximum absolute atomic E-state index is 12.8. The van der Waals surface area contributed by atoms with Crippen LogP contribution in [0.5, 0.6) is 0 Å². The van der Waals surface area contributed by atoms with Crippen LogP contribution in [-0.4, -0.2) is 68.2 Å². The molecular weight excluding hydrogens is 442 g/mol. The molecule has 7 nitrogen and oxygen atoms in total. The molecule has 0 unspecified atom stereocenters. The Kier molecular flexibility index (Phi) is 8.48. The van der Waals surface area contributed by atoms with Gasteiger partial charge in [0.2, 0.25) is 0 Å². The van der Waals surface area contributed by atoms with E-state index in [-0.39, 0.29) is 12.1 Å². The van der Waals surface area contributed by atoms with Crippen molar-refractivity contribution in [1.29, 1.82) is 0 Å². The van der Waals surface area contributed by atoms with Gasteiger partial charge >= 0.3 is 12.0 Å². The number of hydrogen-bond donors (Lipinski definition) is 1. The predicted octanol–water partition coefficient (Wildman–Crippen LogP) is 4.43. The number of urea groups is 1. The monoisotopic (exact) mass is 473 g/mol. The van der Waals surface area contributed by atoms with Gasteiger partial charge in [-0.1, -0.05) is 72.8 Å². The van der Waals surface area contributed by atoms with E-state index >= 15 is 0 Å². The molecule has 0 radical (unpaired) electrons. The van der Waals surface area contributed by atoms with Crippen LogP contribution in [0.15, 0.2) is 84.9 Å². The first-order valence-electron chi connectivity index (χ1n) is 11.8. The summed E-state index contributed by atoms with van der Waals surface area (Å²) in [4.78, 5) is 28.8. The average Bonchev–Trinajstić information content (AvgIpc) is 2.92. The Hall–Kier alpha value is -3.68. The van der Waals surface area contributed by atoms with Gasteiger partial charge in [-0.25, -0.2) is 9.59 Å². The number of piperazine rings is 1. The van der Waals surface area contributed by atoms with Gasteiger partial charge in [0, 0.05) is 32.7 Å². The summed E-state index contributed by atoms with van der Waals surface area (Å²) >= 11 is 0. The summed E-state index contributed by atoms with van der Waals surface area (Å²) in [5.41, 5.74) is 3.05. The van der Waals surface area contributed by atoms with E-state index in [0.717, 1.165) is 30.8 Å². The average molecular weight is 474 g/mol. The zero-order chi connectivity index (χ0) is 24.5. The van der Waals surface area contributed by atoms with Gasteiger partial charge < -0.3 is 19.7 Å². The maximum atomic E-state index is 12.8. The highest BCUT2D eigenvalue weighted by Crippen LogP contribution is 2.25. The summed E-state index contributed by atoms with van der Waals surface area (Å²) in [5.74, 6) is -0.477. The second kappa shape index (κ2) is 12.1. The minimum atomic E-state index is -0.477. The van der Waals surface area contributed by atoms with Crippen LogP contribution in [-0.2, 0) is 9.47 Å². The second-order valence-electron chi connectivity index (χ2n) is 8.37. The van der Waals surface area contributed by atoms with Crippen LogP contribution < -0.4 is 5.32 Å². The standard InChI is InChI=1S/C28H31N3O4/c1-34-27(32)24-14-8-9-15-25(24)29-28(33)31-18-16-30(17-19-31)20-21-35-26(22-10-4-2-5-11-22)23-12-6-3-7-13-23/h2-15,26H,16-21H2,1H3,(H,29,33). The van der Waals surface area contributed by atoms with Crippen molar-refractivity contribution in [1.82, 2.24) is 9.80 Å². The fourth-order valence-corrected chi connectivity index (χ4v) is 4.19. The van der Waals surface area contributed by atoms with Gasteiger partial charge in [-0.15, -0.1) is 0 Å². The minimum absolute atomic E-state index is 0.112. The van der Waals surface area contributed by atoms with Gasteiger partial charge in [0.15, 0.2) is 0 Å². The molecule has 1 saturated heterocycles. The largest absolute Gasteiger partial charge is 0.465 e. The van der Waals surface area contributed by atoms with Crippen molar-refractivity contribution in [2.75, 3.05) is 51.8 Å². The van der Waals surface area contributed by atoms with Crippen LogP contribution >= 0.6 is 0 Å². The molecule has 182 valence electrons. The van der Waals surface area contributed by atoms with Crippen molar-refractivity contribution in [3.05, 3.63) is 102 Å². The third-order valence-electron chi connectivity index (χ3n) is 6.13. The lowest BCUT2D eigenvalue weighted by molar-refractivity contribution is 0.0498. The number of esters is 1. The third kappa shape index (κ3) is 6.47. The number of carbonyl (C=O) groups excluding carboxylic acids is 2. The first-order chi connectivity index (χ1) is 17.2. The maximum Gasteiger partial charge on any atom is 0.339 e. The molecule has 1 aliphatic rings. The highest BCUT2D eigenvalue weighted by Gasteiger charge is 2.23. The Labute approximate surface area is 206 Å². The number of methoxy groups -OCH3 is 1. The van der Waals surface area contributed by atoms with E-state index in [9.17, 15) is 9.59 Å². The molecular formula is C28H31N3O4. The lowest BCUT2D eigenvalue weighted by atomic mass is 10.0. The summed E-state index contributed by atoms with van der Waals surface area (Å²) in [5, 5.41) is 2.85. The van der Waals surface area contributed by atoms with Crippen molar-refractivity contribution in [2.45, 2.75) is 6.10 Å². The molecule has 0 spiro atoms. The van der Waals surface area contributed by atoms with Gasteiger partial charge in [0.05, 0.1) is 25.0 Å². The van der Waals surface area contributed by atoms with Crippen molar-refractivity contribution in [3.8, 4) is 0 Å². The molecule has 1 heterocycles. The molecule has 0 bridgehead atoms. The highest BCUT2D eigenvalue weighted by molar-refractivity contribution is 6.00. The van der Waals surface area contributed by atoms with Gasteiger partial charge in [-0.05, 0) is 23.3 Å². The molecule has 0 atom stereocenters. The topological polar surface area (TPSA) is 71.1 Å². The summed E-state index contributed by atoms with van der Waals surface area (Å²) < 4.78 is 11.1. The number of anilines is 1. The Bertz CT molecular complexity index is 1060. The summed E-state index contributed by atoms with van der Waals surface area (Å²) in [6.07, 6.45) is -0.112. The predicted molar refractivity (Wildman–Crippen MR) is 135 cm³/mol. The summed E-state index contributed by atoms with van der Waals surface area (Å²) in [6, 6.07) is 27.1. The Balaban J connectivity index is 1.27. The van der Waals surface area contributed by atoms with E-state index in [1.54, 1.807) is 29.2 Å². The zero-order valence-electron chi connectivity index (χ0n) is 19.9. The van der Waals surface area contributed by atoms with Crippen LogP contribution in [0.2, 0.25) is 0 Å². The van der Waals surface area contributed by atoms with Crippen molar-refractivity contribution in [2.24, 2.45) is 0 Å². The molecule has 3 aromatic rings. The normalized spacial score (nSPS) is 14.1. The number of nitrogens with zero attached hydrogens (tertiary/aromatic N) is 2. The van der Waals surface area contributed by atoms with Crippen molar-refractivity contribution in [3.63, 3.8) is 0 Å². The number of para-hydroxylation sites is 1. The molecule has 0 aromatic heterocycles. The molecule has 35 heavy (non-hydrogen) atoms. The van der Waals surface area contributed by atoms with Gasteiger partial charge in [-0.3, -0.25) is 4.90 Å². The minimum Gasteiger partial charge on any atom is -0.465 e. The van der Waals surface area contributed by atoms with Gasteiger partial charge in [0.25, 0.3) is 0 Å². The second-order valence-corrected chi connectivity index (χ2v) is 8.37.